The molecule has 3 heterocycles. The Balaban J connectivity index is 1.41. The molecule has 8 nitrogen and oxygen atoms in total. The number of hydrogen-bond donors (Lipinski definition) is 1. The average Bonchev–Trinajstić information content (AvgIpc) is 3.25. The van der Waals surface area contributed by atoms with Crippen LogP contribution in [0.5, 0.6) is 11.6 Å². The summed E-state index contributed by atoms with van der Waals surface area (Å²) in [6, 6.07) is 14.1. The Hall–Kier alpha value is -4.07. The van der Waals surface area contributed by atoms with Crippen LogP contribution in [0.3, 0.4) is 0 Å². The fourth-order valence-corrected chi connectivity index (χ4v) is 2.34. The summed E-state index contributed by atoms with van der Waals surface area (Å²) in [7, 11) is 0. The molecule has 8 heteroatoms. The van der Waals surface area contributed by atoms with Crippen molar-refractivity contribution < 1.29 is 9.53 Å². The molecule has 1 aromatic carbocycles. The first kappa shape index (κ1) is 16.4. The fourth-order valence-electron chi connectivity index (χ4n) is 2.34. The number of aromatic nitrogens is 5. The lowest BCUT2D eigenvalue weighted by molar-refractivity contribution is 0.102. The lowest BCUT2D eigenvalue weighted by Crippen LogP contribution is -2.12. The highest BCUT2D eigenvalue weighted by Gasteiger charge is 2.08. The number of nitrogens with zero attached hydrogens (tertiary/aromatic N) is 5. The van der Waals surface area contributed by atoms with E-state index in [0.29, 0.717) is 22.9 Å². The number of carbonyl (C=O) groups is 1. The Morgan fingerprint density at radius 3 is 2.56 bits per heavy atom. The number of hydrogen-bond acceptors (Lipinski definition) is 6. The van der Waals surface area contributed by atoms with Crippen molar-refractivity contribution in [1.29, 1.82) is 0 Å². The molecule has 3 aromatic heterocycles. The second-order valence-corrected chi connectivity index (χ2v) is 5.52. The van der Waals surface area contributed by atoms with E-state index in [4.69, 9.17) is 4.74 Å². The van der Waals surface area contributed by atoms with E-state index in [2.05, 4.69) is 25.4 Å². The number of benzene rings is 1. The molecule has 0 atom stereocenters. The second-order valence-electron chi connectivity index (χ2n) is 5.52. The number of amides is 1. The van der Waals surface area contributed by atoms with Gasteiger partial charge in [0, 0.05) is 18.5 Å². The van der Waals surface area contributed by atoms with Gasteiger partial charge in [-0.05, 0) is 42.5 Å². The Kier molecular flexibility index (Phi) is 4.52. The van der Waals surface area contributed by atoms with Crippen LogP contribution in [0.15, 0.2) is 79.8 Å². The molecule has 27 heavy (non-hydrogen) atoms. The van der Waals surface area contributed by atoms with Gasteiger partial charge in [-0.15, -0.1) is 0 Å². The molecular formula is C19H14N6O2. The van der Waals surface area contributed by atoms with E-state index in [0.717, 1.165) is 5.69 Å². The van der Waals surface area contributed by atoms with Gasteiger partial charge in [0.15, 0.2) is 0 Å². The topological polar surface area (TPSA) is 94.8 Å². The zero-order chi connectivity index (χ0) is 18.5. The Morgan fingerprint density at radius 1 is 1.00 bits per heavy atom. The molecule has 1 amide bonds. The normalized spacial score (nSPS) is 10.4. The van der Waals surface area contributed by atoms with Crippen molar-refractivity contribution in [3.8, 4) is 17.3 Å². The lowest BCUT2D eigenvalue weighted by atomic mass is 10.2. The molecule has 0 saturated heterocycles. The van der Waals surface area contributed by atoms with Crippen LogP contribution in [0.1, 0.15) is 10.4 Å². The van der Waals surface area contributed by atoms with E-state index in [1.165, 1.54) is 12.5 Å². The van der Waals surface area contributed by atoms with Crippen molar-refractivity contribution in [3.05, 3.63) is 85.3 Å². The summed E-state index contributed by atoms with van der Waals surface area (Å²) in [6.45, 7) is 0. The van der Waals surface area contributed by atoms with Gasteiger partial charge in [0.2, 0.25) is 5.88 Å². The summed E-state index contributed by atoms with van der Waals surface area (Å²) in [5.41, 5.74) is 1.92. The van der Waals surface area contributed by atoms with E-state index in [1.54, 1.807) is 47.7 Å². The molecule has 0 aliphatic carbocycles. The number of pyridine rings is 2. The molecule has 0 radical (unpaired) electrons. The largest absolute Gasteiger partial charge is 0.439 e. The third-order valence-corrected chi connectivity index (χ3v) is 3.66. The van der Waals surface area contributed by atoms with Gasteiger partial charge in [0.25, 0.3) is 5.91 Å². The van der Waals surface area contributed by atoms with Crippen LogP contribution in [0.25, 0.3) is 5.69 Å². The van der Waals surface area contributed by atoms with Crippen LogP contribution in [0, 0.1) is 0 Å². The van der Waals surface area contributed by atoms with E-state index in [1.807, 2.05) is 24.3 Å². The molecule has 1 N–H and O–H groups in total. The molecule has 0 spiro atoms. The second kappa shape index (κ2) is 7.44. The molecule has 4 aromatic rings. The summed E-state index contributed by atoms with van der Waals surface area (Å²) in [5, 5.41) is 6.82. The smallest absolute Gasteiger partial charge is 0.257 e. The molecule has 0 aliphatic heterocycles. The van der Waals surface area contributed by atoms with Crippen LogP contribution in [-0.2, 0) is 0 Å². The van der Waals surface area contributed by atoms with Crippen molar-refractivity contribution in [2.75, 3.05) is 5.32 Å². The van der Waals surface area contributed by atoms with Crippen LogP contribution in [-0.4, -0.2) is 30.6 Å². The highest BCUT2D eigenvalue weighted by molar-refractivity contribution is 6.03. The number of rotatable bonds is 5. The first-order valence-corrected chi connectivity index (χ1v) is 8.08. The van der Waals surface area contributed by atoms with Gasteiger partial charge in [-0.1, -0.05) is 0 Å². The van der Waals surface area contributed by atoms with Crippen molar-refractivity contribution in [3.63, 3.8) is 0 Å². The van der Waals surface area contributed by atoms with Gasteiger partial charge in [-0.3, -0.25) is 9.78 Å². The molecule has 0 aliphatic rings. The number of anilines is 1. The number of carbonyl (C=O) groups excluding carboxylic acids is 1. The maximum Gasteiger partial charge on any atom is 0.257 e. The maximum absolute atomic E-state index is 12.2. The van der Waals surface area contributed by atoms with Gasteiger partial charge < -0.3 is 10.1 Å². The number of nitrogens with one attached hydrogen (secondary N) is 1. The zero-order valence-corrected chi connectivity index (χ0v) is 14.1. The Labute approximate surface area is 154 Å². The maximum atomic E-state index is 12.2. The molecule has 132 valence electrons. The van der Waals surface area contributed by atoms with Crippen LogP contribution >= 0.6 is 0 Å². The summed E-state index contributed by atoms with van der Waals surface area (Å²) in [5.74, 6) is 0.750. The van der Waals surface area contributed by atoms with Gasteiger partial charge in [0.05, 0.1) is 23.1 Å². The van der Waals surface area contributed by atoms with Crippen LogP contribution < -0.4 is 10.1 Å². The minimum Gasteiger partial charge on any atom is -0.439 e. The van der Waals surface area contributed by atoms with Crippen molar-refractivity contribution >= 4 is 11.6 Å². The third kappa shape index (κ3) is 3.96. The molecule has 0 saturated carbocycles. The van der Waals surface area contributed by atoms with Crippen LogP contribution in [0.4, 0.5) is 5.69 Å². The van der Waals surface area contributed by atoms with E-state index in [9.17, 15) is 4.79 Å². The van der Waals surface area contributed by atoms with Gasteiger partial charge in [0.1, 0.15) is 18.4 Å². The van der Waals surface area contributed by atoms with Crippen molar-refractivity contribution in [2.24, 2.45) is 0 Å². The first-order chi connectivity index (χ1) is 13.3. The Morgan fingerprint density at radius 2 is 1.89 bits per heavy atom. The minimum absolute atomic E-state index is 0.265. The number of ether oxygens (including phenoxy) is 1. The zero-order valence-electron chi connectivity index (χ0n) is 14.1. The molecular weight excluding hydrogens is 344 g/mol. The van der Waals surface area contributed by atoms with Gasteiger partial charge in [-0.2, -0.15) is 5.10 Å². The molecule has 0 fully saturated rings. The standard InChI is InChI=1S/C19H14N6O2/c26-19(24-15-2-1-9-20-11-15)14-3-8-18(22-10-14)27-17-6-4-16(5-7-17)25-13-21-12-23-25/h1-13H,(H,24,26). The molecule has 0 unspecified atom stereocenters. The summed E-state index contributed by atoms with van der Waals surface area (Å²) >= 11 is 0. The summed E-state index contributed by atoms with van der Waals surface area (Å²) in [6.07, 6.45) is 7.77. The highest BCUT2D eigenvalue weighted by Crippen LogP contribution is 2.21. The SMILES string of the molecule is O=C(Nc1cccnc1)c1ccc(Oc2ccc(-n3cncn3)cc2)nc1. The third-order valence-electron chi connectivity index (χ3n) is 3.66. The van der Waals surface area contributed by atoms with E-state index >= 15 is 0 Å². The summed E-state index contributed by atoms with van der Waals surface area (Å²) < 4.78 is 7.36. The van der Waals surface area contributed by atoms with Crippen LogP contribution in [0.2, 0.25) is 0 Å². The predicted molar refractivity (Wildman–Crippen MR) is 97.9 cm³/mol. The first-order valence-electron chi connectivity index (χ1n) is 8.08. The van der Waals surface area contributed by atoms with E-state index in [-0.39, 0.29) is 5.91 Å². The minimum atomic E-state index is -0.265. The van der Waals surface area contributed by atoms with E-state index < -0.39 is 0 Å². The van der Waals surface area contributed by atoms with Gasteiger partial charge >= 0.3 is 0 Å². The Bertz CT molecular complexity index is 1020. The lowest BCUT2D eigenvalue weighted by Gasteiger charge is -2.07. The highest BCUT2D eigenvalue weighted by atomic mass is 16.5. The fraction of sp³-hybridized carbons (Fsp3) is 0. The molecule has 4 rings (SSSR count). The van der Waals surface area contributed by atoms with Gasteiger partial charge in [-0.25, -0.2) is 14.6 Å². The quantitative estimate of drug-likeness (QED) is 0.589. The van der Waals surface area contributed by atoms with Crippen molar-refractivity contribution in [2.45, 2.75) is 0 Å². The average molecular weight is 358 g/mol. The monoisotopic (exact) mass is 358 g/mol. The summed E-state index contributed by atoms with van der Waals surface area (Å²) in [4.78, 5) is 24.3. The molecule has 0 bridgehead atoms. The van der Waals surface area contributed by atoms with Crippen molar-refractivity contribution in [1.82, 2.24) is 24.7 Å². The predicted octanol–water partition coefficient (Wildman–Crippen LogP) is 3.10.